The van der Waals surface area contributed by atoms with Crippen molar-refractivity contribution in [3.05, 3.63) is 45.1 Å². The monoisotopic (exact) mass is 454 g/mol. The molecule has 0 spiro atoms. The zero-order valence-corrected chi connectivity index (χ0v) is 20.3. The topological polar surface area (TPSA) is 59.8 Å². The Kier molecular flexibility index (Phi) is 6.82. The lowest BCUT2D eigenvalue weighted by Gasteiger charge is -2.18. The van der Waals surface area contributed by atoms with Gasteiger partial charge in [0.05, 0.1) is 5.75 Å². The third kappa shape index (κ3) is 4.58. The lowest BCUT2D eigenvalue weighted by molar-refractivity contribution is -0.113. The van der Waals surface area contributed by atoms with Crippen LogP contribution in [0.25, 0.3) is 11.4 Å². The van der Waals surface area contributed by atoms with E-state index < -0.39 is 0 Å². The molecule has 7 heteroatoms. The Hall–Kier alpha value is -2.12. The average molecular weight is 455 g/mol. The Labute approximate surface area is 192 Å². The predicted molar refractivity (Wildman–Crippen MR) is 130 cm³/mol. The summed E-state index contributed by atoms with van der Waals surface area (Å²) in [6, 6.07) is 6.23. The SMILES string of the molecule is CCc1cccc(CC)c1NC(=O)CSc1nnc(-c2csc3c2CCC(C)C3)n1C. The maximum atomic E-state index is 12.7. The van der Waals surface area contributed by atoms with E-state index in [0.717, 1.165) is 41.8 Å². The van der Waals surface area contributed by atoms with Gasteiger partial charge in [-0.1, -0.05) is 50.7 Å². The summed E-state index contributed by atoms with van der Waals surface area (Å²) in [5, 5.41) is 15.0. The van der Waals surface area contributed by atoms with Gasteiger partial charge in [-0.05, 0) is 54.7 Å². The van der Waals surface area contributed by atoms with Crippen molar-refractivity contribution in [2.24, 2.45) is 13.0 Å². The van der Waals surface area contributed by atoms with Gasteiger partial charge in [0, 0.05) is 28.6 Å². The smallest absolute Gasteiger partial charge is 0.234 e. The number of rotatable bonds is 7. The summed E-state index contributed by atoms with van der Waals surface area (Å²) in [4.78, 5) is 14.2. The van der Waals surface area contributed by atoms with E-state index in [1.54, 1.807) is 0 Å². The van der Waals surface area contributed by atoms with E-state index in [1.165, 1.54) is 51.7 Å². The number of carbonyl (C=O) groups excluding carboxylic acids is 1. The molecule has 1 atom stereocenters. The molecule has 1 aliphatic rings. The summed E-state index contributed by atoms with van der Waals surface area (Å²) in [5.74, 6) is 1.97. The Morgan fingerprint density at radius 3 is 2.71 bits per heavy atom. The molecule has 0 fully saturated rings. The number of fused-ring (bicyclic) bond motifs is 1. The Balaban J connectivity index is 1.45. The van der Waals surface area contributed by atoms with Crippen molar-refractivity contribution in [2.75, 3.05) is 11.1 Å². The van der Waals surface area contributed by atoms with Crippen molar-refractivity contribution in [3.63, 3.8) is 0 Å². The highest BCUT2D eigenvalue weighted by Crippen LogP contribution is 2.38. The second-order valence-electron chi connectivity index (χ2n) is 8.26. The van der Waals surface area contributed by atoms with Crippen LogP contribution in [0.2, 0.25) is 0 Å². The Morgan fingerprint density at radius 2 is 2.00 bits per heavy atom. The van der Waals surface area contributed by atoms with E-state index in [-0.39, 0.29) is 5.91 Å². The molecule has 1 N–H and O–H groups in total. The molecule has 0 saturated heterocycles. The van der Waals surface area contributed by atoms with Crippen molar-refractivity contribution < 1.29 is 4.79 Å². The maximum absolute atomic E-state index is 12.7. The van der Waals surface area contributed by atoms with E-state index in [4.69, 9.17) is 0 Å². The quantitative estimate of drug-likeness (QED) is 0.477. The molecule has 1 amide bonds. The number of hydrogen-bond acceptors (Lipinski definition) is 5. The van der Waals surface area contributed by atoms with Crippen molar-refractivity contribution in [2.45, 2.75) is 58.0 Å². The summed E-state index contributed by atoms with van der Waals surface area (Å²) in [6.07, 6.45) is 5.30. The standard InChI is InChI=1S/C24H30N4OS2/c1-5-16-8-7-9-17(6-2)22(16)25-21(29)14-31-24-27-26-23(28(24)4)19-13-30-20-12-15(3)10-11-18(19)20/h7-9,13,15H,5-6,10-12,14H2,1-4H3,(H,25,29). The third-order valence-electron chi connectivity index (χ3n) is 6.07. The van der Waals surface area contributed by atoms with Crippen LogP contribution in [-0.2, 0) is 37.5 Å². The number of aryl methyl sites for hydroxylation is 2. The number of benzene rings is 1. The second kappa shape index (κ2) is 9.57. The van der Waals surface area contributed by atoms with Crippen LogP contribution >= 0.6 is 23.1 Å². The molecule has 31 heavy (non-hydrogen) atoms. The van der Waals surface area contributed by atoms with Gasteiger partial charge in [-0.2, -0.15) is 0 Å². The first kappa shape index (κ1) is 22.1. The molecule has 164 valence electrons. The summed E-state index contributed by atoms with van der Waals surface area (Å²) in [7, 11) is 1.99. The van der Waals surface area contributed by atoms with Crippen LogP contribution in [0.5, 0.6) is 0 Å². The molecular weight excluding hydrogens is 424 g/mol. The van der Waals surface area contributed by atoms with E-state index in [0.29, 0.717) is 5.75 Å². The number of carbonyl (C=O) groups is 1. The fourth-order valence-corrected chi connectivity index (χ4v) is 6.20. The summed E-state index contributed by atoms with van der Waals surface area (Å²) in [6.45, 7) is 6.56. The van der Waals surface area contributed by atoms with Crippen molar-refractivity contribution in [1.29, 1.82) is 0 Å². The van der Waals surface area contributed by atoms with E-state index >= 15 is 0 Å². The molecular formula is C24H30N4OS2. The van der Waals surface area contributed by atoms with E-state index in [1.807, 2.05) is 23.0 Å². The number of nitrogens with one attached hydrogen (secondary N) is 1. The minimum absolute atomic E-state index is 0.00736. The zero-order valence-electron chi connectivity index (χ0n) is 18.7. The fraction of sp³-hybridized carbons (Fsp3) is 0.458. The van der Waals surface area contributed by atoms with Crippen LogP contribution in [-0.4, -0.2) is 26.4 Å². The van der Waals surface area contributed by atoms with Gasteiger partial charge in [0.1, 0.15) is 0 Å². The summed E-state index contributed by atoms with van der Waals surface area (Å²) in [5.41, 5.74) is 5.97. The van der Waals surface area contributed by atoms with Crippen LogP contribution in [0.1, 0.15) is 48.8 Å². The highest BCUT2D eigenvalue weighted by Gasteiger charge is 2.24. The van der Waals surface area contributed by atoms with Crippen LogP contribution in [0.4, 0.5) is 5.69 Å². The van der Waals surface area contributed by atoms with Crippen LogP contribution in [0.15, 0.2) is 28.7 Å². The van der Waals surface area contributed by atoms with Crippen LogP contribution in [0.3, 0.4) is 0 Å². The van der Waals surface area contributed by atoms with Gasteiger partial charge < -0.3 is 9.88 Å². The van der Waals surface area contributed by atoms with Crippen LogP contribution in [0, 0.1) is 5.92 Å². The van der Waals surface area contributed by atoms with Crippen molar-refractivity contribution in [1.82, 2.24) is 14.8 Å². The van der Waals surface area contributed by atoms with Gasteiger partial charge in [0.2, 0.25) is 5.91 Å². The normalized spacial score (nSPS) is 15.7. The van der Waals surface area contributed by atoms with Crippen molar-refractivity contribution >= 4 is 34.7 Å². The Bertz CT molecular complexity index is 1060. The van der Waals surface area contributed by atoms with Gasteiger partial charge in [-0.25, -0.2) is 0 Å². The molecule has 2 heterocycles. The Morgan fingerprint density at radius 1 is 1.26 bits per heavy atom. The lowest BCUT2D eigenvalue weighted by Crippen LogP contribution is -2.17. The zero-order chi connectivity index (χ0) is 22.0. The molecule has 1 aromatic carbocycles. The molecule has 4 rings (SSSR count). The first-order valence-corrected chi connectivity index (χ1v) is 12.9. The number of nitrogens with zero attached hydrogens (tertiary/aromatic N) is 3. The minimum Gasteiger partial charge on any atom is -0.325 e. The third-order valence-corrected chi connectivity index (χ3v) is 8.14. The number of amides is 1. The van der Waals surface area contributed by atoms with Crippen LogP contribution < -0.4 is 5.32 Å². The van der Waals surface area contributed by atoms with Gasteiger partial charge in [-0.3, -0.25) is 4.79 Å². The number of aromatic nitrogens is 3. The van der Waals surface area contributed by atoms with Crippen molar-refractivity contribution in [3.8, 4) is 11.4 Å². The summed E-state index contributed by atoms with van der Waals surface area (Å²) < 4.78 is 2.02. The largest absolute Gasteiger partial charge is 0.325 e. The molecule has 0 radical (unpaired) electrons. The van der Waals surface area contributed by atoms with E-state index in [2.05, 4.69) is 59.9 Å². The first-order valence-electron chi connectivity index (χ1n) is 11.0. The van der Waals surface area contributed by atoms with E-state index in [9.17, 15) is 4.79 Å². The highest BCUT2D eigenvalue weighted by atomic mass is 32.2. The highest BCUT2D eigenvalue weighted by molar-refractivity contribution is 7.99. The fourth-order valence-electron chi connectivity index (χ4n) is 4.25. The number of thiophene rings is 1. The lowest BCUT2D eigenvalue weighted by atomic mass is 9.88. The number of hydrogen-bond donors (Lipinski definition) is 1. The molecule has 0 aliphatic heterocycles. The number of anilines is 1. The first-order chi connectivity index (χ1) is 15.0. The molecule has 5 nitrogen and oxygen atoms in total. The minimum atomic E-state index is -0.00736. The van der Waals surface area contributed by atoms with Gasteiger partial charge in [0.15, 0.2) is 11.0 Å². The maximum Gasteiger partial charge on any atom is 0.234 e. The average Bonchev–Trinajstić information content (AvgIpc) is 3.34. The van der Waals surface area contributed by atoms with Gasteiger partial charge >= 0.3 is 0 Å². The molecule has 0 bridgehead atoms. The number of thioether (sulfide) groups is 1. The molecule has 3 aromatic rings. The predicted octanol–water partition coefficient (Wildman–Crippen LogP) is 5.52. The number of para-hydroxylation sites is 1. The van der Waals surface area contributed by atoms with Gasteiger partial charge in [0.25, 0.3) is 0 Å². The molecule has 2 aromatic heterocycles. The molecule has 1 unspecified atom stereocenters. The second-order valence-corrected chi connectivity index (χ2v) is 10.2. The molecule has 0 saturated carbocycles. The van der Waals surface area contributed by atoms with Gasteiger partial charge in [-0.15, -0.1) is 21.5 Å². The summed E-state index contributed by atoms with van der Waals surface area (Å²) >= 11 is 3.28. The molecule has 1 aliphatic carbocycles.